The topological polar surface area (TPSA) is 41.0 Å². The van der Waals surface area contributed by atoms with Crippen LogP contribution in [0.3, 0.4) is 0 Å². The third kappa shape index (κ3) is 1.91. The number of nitrogens with zero attached hydrogens (tertiary/aromatic N) is 3. The normalized spacial score (nSPS) is 12.6. The number of anilines is 3. The van der Waals surface area contributed by atoms with Gasteiger partial charge in [-0.2, -0.15) is 0 Å². The summed E-state index contributed by atoms with van der Waals surface area (Å²) in [6.07, 6.45) is 3.38. The van der Waals surface area contributed by atoms with E-state index in [1.165, 1.54) is 11.3 Å². The van der Waals surface area contributed by atoms with Gasteiger partial charge in [0.1, 0.15) is 6.33 Å². The molecule has 3 rings (SSSR count). The fourth-order valence-electron chi connectivity index (χ4n) is 2.01. The van der Waals surface area contributed by atoms with Crippen molar-refractivity contribution < 1.29 is 0 Å². The molecule has 1 N–H and O–H groups in total. The first-order chi connectivity index (χ1) is 7.86. The minimum atomic E-state index is 0. The van der Waals surface area contributed by atoms with Crippen LogP contribution in [-0.4, -0.2) is 17.0 Å². The molecule has 0 unspecified atom stereocenters. The number of nitrogens with one attached hydrogen (secondary N) is 1. The average molecular weight is 249 g/mol. The van der Waals surface area contributed by atoms with E-state index in [0.717, 1.165) is 18.1 Å². The van der Waals surface area contributed by atoms with E-state index in [-0.39, 0.29) is 12.4 Å². The van der Waals surface area contributed by atoms with E-state index in [1.807, 2.05) is 19.3 Å². The minimum absolute atomic E-state index is 0. The van der Waals surface area contributed by atoms with Crippen molar-refractivity contribution in [3.05, 3.63) is 42.4 Å². The van der Waals surface area contributed by atoms with Crippen LogP contribution in [0.25, 0.3) is 0 Å². The van der Waals surface area contributed by atoms with Crippen molar-refractivity contribution in [2.24, 2.45) is 0 Å². The zero-order chi connectivity index (χ0) is 11.0. The highest BCUT2D eigenvalue weighted by Crippen LogP contribution is 2.33. The van der Waals surface area contributed by atoms with E-state index >= 15 is 0 Å². The fourth-order valence-corrected chi connectivity index (χ4v) is 2.01. The zero-order valence-corrected chi connectivity index (χ0v) is 10.2. The predicted molar refractivity (Wildman–Crippen MR) is 71.1 cm³/mol. The Morgan fingerprint density at radius 3 is 3.00 bits per heavy atom. The lowest BCUT2D eigenvalue weighted by molar-refractivity contribution is 1.09. The Morgan fingerprint density at radius 2 is 2.12 bits per heavy atom. The molecule has 88 valence electrons. The number of para-hydroxylation sites is 1. The van der Waals surface area contributed by atoms with Gasteiger partial charge >= 0.3 is 0 Å². The summed E-state index contributed by atoms with van der Waals surface area (Å²) in [4.78, 5) is 10.4. The summed E-state index contributed by atoms with van der Waals surface area (Å²) in [5.74, 6) is 0.917. The largest absolute Gasteiger partial charge is 0.377 e. The van der Waals surface area contributed by atoms with Gasteiger partial charge in [-0.15, -0.1) is 12.4 Å². The molecular weight excluding hydrogens is 236 g/mol. The SMILES string of the molecule is CN1c2ccccc2CNc2cncnc21.Cl. The molecule has 0 aliphatic carbocycles. The summed E-state index contributed by atoms with van der Waals surface area (Å²) in [7, 11) is 2.03. The Kier molecular flexibility index (Phi) is 3.15. The van der Waals surface area contributed by atoms with Crippen molar-refractivity contribution in [1.29, 1.82) is 0 Å². The van der Waals surface area contributed by atoms with Crippen LogP contribution in [0.2, 0.25) is 0 Å². The quantitative estimate of drug-likeness (QED) is 0.778. The van der Waals surface area contributed by atoms with Gasteiger partial charge in [0.2, 0.25) is 0 Å². The van der Waals surface area contributed by atoms with Crippen LogP contribution in [-0.2, 0) is 6.54 Å². The van der Waals surface area contributed by atoms with E-state index in [9.17, 15) is 0 Å². The Hall–Kier alpha value is -1.81. The Balaban J connectivity index is 0.00000108. The first-order valence-corrected chi connectivity index (χ1v) is 5.22. The van der Waals surface area contributed by atoms with Crippen LogP contribution in [0, 0.1) is 0 Å². The van der Waals surface area contributed by atoms with Crippen LogP contribution in [0.5, 0.6) is 0 Å². The molecule has 0 atom stereocenters. The van der Waals surface area contributed by atoms with Gasteiger partial charge in [0.05, 0.1) is 11.9 Å². The van der Waals surface area contributed by atoms with Gasteiger partial charge in [-0.1, -0.05) is 18.2 Å². The van der Waals surface area contributed by atoms with Crippen molar-refractivity contribution in [3.63, 3.8) is 0 Å². The molecule has 1 aromatic carbocycles. The molecule has 0 bridgehead atoms. The highest BCUT2D eigenvalue weighted by atomic mass is 35.5. The minimum Gasteiger partial charge on any atom is -0.377 e. The van der Waals surface area contributed by atoms with Gasteiger partial charge in [0.15, 0.2) is 5.82 Å². The smallest absolute Gasteiger partial charge is 0.159 e. The third-order valence-corrected chi connectivity index (χ3v) is 2.83. The Morgan fingerprint density at radius 1 is 1.29 bits per heavy atom. The summed E-state index contributed by atoms with van der Waals surface area (Å²) in [6, 6.07) is 8.32. The number of fused-ring (bicyclic) bond motifs is 2. The molecule has 1 aromatic heterocycles. The Bertz CT molecular complexity index is 482. The van der Waals surface area contributed by atoms with Gasteiger partial charge in [0, 0.05) is 19.3 Å². The second-order valence-electron chi connectivity index (χ2n) is 3.80. The maximum atomic E-state index is 4.31. The monoisotopic (exact) mass is 248 g/mol. The standard InChI is InChI=1S/C12H12N4.ClH/c1-16-11-5-3-2-4-9(11)6-14-10-7-13-8-15-12(10)16;/h2-5,7-8,14H,6H2,1H3;1H. The number of halogens is 1. The van der Waals surface area contributed by atoms with E-state index in [4.69, 9.17) is 0 Å². The van der Waals surface area contributed by atoms with Crippen molar-refractivity contribution in [2.45, 2.75) is 6.54 Å². The summed E-state index contributed by atoms with van der Waals surface area (Å²) in [5.41, 5.74) is 3.43. The van der Waals surface area contributed by atoms with E-state index in [1.54, 1.807) is 6.33 Å². The lowest BCUT2D eigenvalue weighted by Gasteiger charge is -2.19. The van der Waals surface area contributed by atoms with E-state index in [0.29, 0.717) is 0 Å². The van der Waals surface area contributed by atoms with E-state index in [2.05, 4.69) is 38.4 Å². The average Bonchev–Trinajstić information content (AvgIpc) is 2.49. The second kappa shape index (κ2) is 4.59. The number of rotatable bonds is 0. The van der Waals surface area contributed by atoms with Crippen molar-refractivity contribution >= 4 is 29.6 Å². The van der Waals surface area contributed by atoms with Gasteiger partial charge in [-0.3, -0.25) is 0 Å². The van der Waals surface area contributed by atoms with Crippen molar-refractivity contribution in [2.75, 3.05) is 17.3 Å². The summed E-state index contributed by atoms with van der Waals surface area (Å²) in [6.45, 7) is 0.806. The maximum Gasteiger partial charge on any atom is 0.159 e. The fraction of sp³-hybridized carbons (Fsp3) is 0.167. The molecule has 0 saturated heterocycles. The number of aromatic nitrogens is 2. The molecule has 0 saturated carbocycles. The molecule has 0 radical (unpaired) electrons. The van der Waals surface area contributed by atoms with Crippen LogP contribution >= 0.6 is 12.4 Å². The number of hydrogen-bond acceptors (Lipinski definition) is 4. The molecule has 5 heteroatoms. The van der Waals surface area contributed by atoms with Gasteiger partial charge < -0.3 is 10.2 Å². The summed E-state index contributed by atoms with van der Waals surface area (Å²) < 4.78 is 0. The molecule has 4 nitrogen and oxygen atoms in total. The van der Waals surface area contributed by atoms with E-state index < -0.39 is 0 Å². The van der Waals surface area contributed by atoms with Crippen LogP contribution in [0.15, 0.2) is 36.8 Å². The van der Waals surface area contributed by atoms with Crippen molar-refractivity contribution in [3.8, 4) is 0 Å². The third-order valence-electron chi connectivity index (χ3n) is 2.83. The molecule has 17 heavy (non-hydrogen) atoms. The molecule has 2 heterocycles. The molecular formula is C12H13ClN4. The number of benzene rings is 1. The van der Waals surface area contributed by atoms with Gasteiger partial charge in [-0.05, 0) is 11.6 Å². The molecule has 1 aliphatic heterocycles. The highest BCUT2D eigenvalue weighted by Gasteiger charge is 2.17. The van der Waals surface area contributed by atoms with Gasteiger partial charge in [0.25, 0.3) is 0 Å². The predicted octanol–water partition coefficient (Wildman–Crippen LogP) is 2.59. The summed E-state index contributed by atoms with van der Waals surface area (Å²) >= 11 is 0. The summed E-state index contributed by atoms with van der Waals surface area (Å²) in [5, 5.41) is 3.35. The first kappa shape index (κ1) is 11.7. The maximum absolute atomic E-state index is 4.31. The second-order valence-corrected chi connectivity index (χ2v) is 3.80. The molecule has 1 aliphatic rings. The van der Waals surface area contributed by atoms with Gasteiger partial charge in [-0.25, -0.2) is 9.97 Å². The first-order valence-electron chi connectivity index (χ1n) is 5.22. The Labute approximate surface area is 106 Å². The molecule has 2 aromatic rings. The molecule has 0 spiro atoms. The molecule has 0 amide bonds. The highest BCUT2D eigenvalue weighted by molar-refractivity contribution is 5.85. The van der Waals surface area contributed by atoms with Crippen molar-refractivity contribution in [1.82, 2.24) is 9.97 Å². The lowest BCUT2D eigenvalue weighted by Crippen LogP contribution is -2.11. The number of hydrogen-bond donors (Lipinski definition) is 1. The van der Waals surface area contributed by atoms with Crippen LogP contribution < -0.4 is 10.2 Å². The zero-order valence-electron chi connectivity index (χ0n) is 9.42. The van der Waals surface area contributed by atoms with Crippen LogP contribution in [0.1, 0.15) is 5.56 Å². The van der Waals surface area contributed by atoms with Crippen LogP contribution in [0.4, 0.5) is 17.2 Å². The lowest BCUT2D eigenvalue weighted by atomic mass is 10.1. The molecule has 0 fully saturated rings.